The zero-order valence-electron chi connectivity index (χ0n) is 66.5. The average molecular weight is 1480 g/mol. The topological polar surface area (TPSA) is 237 Å². The van der Waals surface area contributed by atoms with E-state index >= 15 is 0 Å². The normalized spacial score (nSPS) is 14.3. The van der Waals surface area contributed by atoms with Gasteiger partial charge in [-0.2, -0.15) is 0 Å². The molecule has 6 atom stereocenters. The van der Waals surface area contributed by atoms with Gasteiger partial charge in [0.25, 0.3) is 0 Å². The van der Waals surface area contributed by atoms with Crippen LogP contribution in [0.3, 0.4) is 0 Å². The molecule has 0 heterocycles. The van der Waals surface area contributed by atoms with Crippen LogP contribution in [0.25, 0.3) is 0 Å². The zero-order chi connectivity index (χ0) is 74.6. The van der Waals surface area contributed by atoms with E-state index in [1.54, 1.807) is 0 Å². The maximum Gasteiger partial charge on any atom is 0.472 e. The van der Waals surface area contributed by atoms with Gasteiger partial charge in [0.1, 0.15) is 19.3 Å². The number of unbranched alkanes of at least 4 members (excludes halogenated alkanes) is 44. The third kappa shape index (κ3) is 74.7. The molecule has 0 aromatic rings. The summed E-state index contributed by atoms with van der Waals surface area (Å²) < 4.78 is 68.7. The van der Waals surface area contributed by atoms with Crippen molar-refractivity contribution in [2.45, 2.75) is 440 Å². The second-order valence-corrected chi connectivity index (χ2v) is 34.1. The zero-order valence-corrected chi connectivity index (χ0v) is 68.3. The van der Waals surface area contributed by atoms with Crippen LogP contribution in [-0.4, -0.2) is 96.7 Å². The van der Waals surface area contributed by atoms with Crippen LogP contribution in [0.5, 0.6) is 0 Å². The molecule has 0 radical (unpaired) electrons. The first kappa shape index (κ1) is 99.1. The maximum absolute atomic E-state index is 13.1. The molecule has 101 heavy (non-hydrogen) atoms. The number of carbonyl (C=O) groups is 4. The summed E-state index contributed by atoms with van der Waals surface area (Å²) >= 11 is 0. The summed E-state index contributed by atoms with van der Waals surface area (Å²) in [6.45, 7) is 14.3. The summed E-state index contributed by atoms with van der Waals surface area (Å²) in [6.07, 6.45) is 58.4. The Morgan fingerprint density at radius 1 is 0.277 bits per heavy atom. The molecule has 0 aliphatic heterocycles. The van der Waals surface area contributed by atoms with Crippen molar-refractivity contribution in [3.05, 3.63) is 0 Å². The molecule has 0 aliphatic rings. The highest BCUT2D eigenvalue weighted by Crippen LogP contribution is 2.45. The van der Waals surface area contributed by atoms with Crippen molar-refractivity contribution in [1.29, 1.82) is 0 Å². The van der Waals surface area contributed by atoms with Crippen molar-refractivity contribution in [2.24, 2.45) is 23.7 Å². The largest absolute Gasteiger partial charge is 0.472 e. The Kier molecular flexibility index (Phi) is 69.6. The quantitative estimate of drug-likeness (QED) is 0.0222. The summed E-state index contributed by atoms with van der Waals surface area (Å²) in [7, 11) is -9.92. The van der Waals surface area contributed by atoms with Crippen LogP contribution < -0.4 is 0 Å². The number of aliphatic hydroxyl groups is 1. The van der Waals surface area contributed by atoms with Crippen LogP contribution in [-0.2, 0) is 65.4 Å². The van der Waals surface area contributed by atoms with Crippen LogP contribution in [0.15, 0.2) is 0 Å². The van der Waals surface area contributed by atoms with Crippen molar-refractivity contribution in [1.82, 2.24) is 0 Å². The van der Waals surface area contributed by atoms with Gasteiger partial charge in [0.15, 0.2) is 12.2 Å². The molecule has 0 aromatic heterocycles. The van der Waals surface area contributed by atoms with Crippen molar-refractivity contribution in [3.8, 4) is 0 Å². The number of ether oxygens (including phenoxy) is 4. The van der Waals surface area contributed by atoms with E-state index in [0.717, 1.165) is 114 Å². The van der Waals surface area contributed by atoms with E-state index in [0.29, 0.717) is 31.6 Å². The van der Waals surface area contributed by atoms with E-state index in [1.165, 1.54) is 218 Å². The highest BCUT2D eigenvalue weighted by atomic mass is 31.2. The summed E-state index contributed by atoms with van der Waals surface area (Å²) in [6, 6.07) is 0. The number of hydrogen-bond donors (Lipinski definition) is 3. The second-order valence-electron chi connectivity index (χ2n) is 31.2. The molecular formula is C82H160O17P2. The van der Waals surface area contributed by atoms with Gasteiger partial charge in [-0.3, -0.25) is 37.3 Å². The monoisotopic (exact) mass is 1480 g/mol. The molecule has 0 fully saturated rings. The fraction of sp³-hybridized carbons (Fsp3) is 0.951. The number of rotatable bonds is 79. The molecule has 4 unspecified atom stereocenters. The number of aliphatic hydroxyl groups excluding tert-OH is 1. The van der Waals surface area contributed by atoms with E-state index in [1.807, 2.05) is 0 Å². The Balaban J connectivity index is 5.19. The average Bonchev–Trinajstić information content (AvgIpc) is 0.949. The molecule has 600 valence electrons. The first-order valence-corrected chi connectivity index (χ1v) is 45.2. The van der Waals surface area contributed by atoms with Gasteiger partial charge in [-0.05, 0) is 49.4 Å². The lowest BCUT2D eigenvalue weighted by Gasteiger charge is -2.21. The Morgan fingerprint density at radius 3 is 0.703 bits per heavy atom. The summed E-state index contributed by atoms with van der Waals surface area (Å²) in [5, 5.41) is 10.6. The number of phosphoric acid groups is 2. The Hall–Kier alpha value is -1.94. The van der Waals surface area contributed by atoms with Crippen molar-refractivity contribution in [3.63, 3.8) is 0 Å². The van der Waals surface area contributed by atoms with Crippen molar-refractivity contribution in [2.75, 3.05) is 39.6 Å². The third-order valence-corrected chi connectivity index (χ3v) is 21.3. The van der Waals surface area contributed by atoms with Gasteiger partial charge in [-0.15, -0.1) is 0 Å². The van der Waals surface area contributed by atoms with Crippen LogP contribution in [0.1, 0.15) is 421 Å². The summed E-state index contributed by atoms with van der Waals surface area (Å²) in [5.41, 5.74) is 0. The standard InChI is InChI=1S/C82H160O17P2/c1-9-75(8)61-53-45-37-29-23-19-14-12-10-11-13-15-20-24-30-39-48-56-64-82(87)99-78(69-93-80(85)63-55-47-41-33-36-44-52-60-74(6)7)71-97-101(90,91)95-67-76(83)66-94-100(88,89)96-70-77(68-92-79(84)62-54-46-38-32-26-28-35-43-51-59-73(4)5)98-81(86)65-57-49-40-31-25-21-17-16-18-22-27-34-42-50-58-72(2)3/h72-78,83H,9-71H2,1-8H3,(H,88,89)(H,90,91)/t75?,76?,77-,78-/m1/s1. The molecule has 0 aliphatic carbocycles. The molecular weight excluding hydrogens is 1320 g/mol. The Morgan fingerprint density at radius 2 is 0.475 bits per heavy atom. The molecule has 3 N–H and O–H groups in total. The van der Waals surface area contributed by atoms with Gasteiger partial charge in [0.2, 0.25) is 0 Å². The first-order valence-electron chi connectivity index (χ1n) is 42.2. The minimum absolute atomic E-state index is 0.107. The molecule has 17 nitrogen and oxygen atoms in total. The van der Waals surface area contributed by atoms with Gasteiger partial charge in [-0.25, -0.2) is 9.13 Å². The lowest BCUT2D eigenvalue weighted by atomic mass is 9.99. The van der Waals surface area contributed by atoms with E-state index in [9.17, 15) is 43.2 Å². The number of phosphoric ester groups is 2. The van der Waals surface area contributed by atoms with Crippen LogP contribution in [0.2, 0.25) is 0 Å². The van der Waals surface area contributed by atoms with Gasteiger partial charge in [0.05, 0.1) is 26.4 Å². The molecule has 0 amide bonds. The van der Waals surface area contributed by atoms with Gasteiger partial charge in [-0.1, -0.05) is 370 Å². The predicted molar refractivity (Wildman–Crippen MR) is 414 cm³/mol. The smallest absolute Gasteiger partial charge is 0.462 e. The maximum atomic E-state index is 13.1. The minimum Gasteiger partial charge on any atom is -0.462 e. The number of esters is 4. The van der Waals surface area contributed by atoms with E-state index in [-0.39, 0.29) is 25.7 Å². The fourth-order valence-corrected chi connectivity index (χ4v) is 14.2. The van der Waals surface area contributed by atoms with Crippen LogP contribution >= 0.6 is 15.6 Å². The molecule has 0 spiro atoms. The van der Waals surface area contributed by atoms with Crippen LogP contribution in [0.4, 0.5) is 0 Å². The Bertz CT molecular complexity index is 1970. The predicted octanol–water partition coefficient (Wildman–Crippen LogP) is 24.4. The van der Waals surface area contributed by atoms with E-state index in [4.69, 9.17) is 37.0 Å². The van der Waals surface area contributed by atoms with Crippen LogP contribution in [0, 0.1) is 23.7 Å². The molecule has 0 saturated heterocycles. The first-order chi connectivity index (χ1) is 48.6. The lowest BCUT2D eigenvalue weighted by Crippen LogP contribution is -2.30. The molecule has 0 bridgehead atoms. The highest BCUT2D eigenvalue weighted by molar-refractivity contribution is 7.47. The fourth-order valence-electron chi connectivity index (χ4n) is 12.6. The van der Waals surface area contributed by atoms with Crippen molar-refractivity contribution >= 4 is 39.5 Å². The molecule has 0 rings (SSSR count). The highest BCUT2D eigenvalue weighted by Gasteiger charge is 2.30. The minimum atomic E-state index is -4.96. The lowest BCUT2D eigenvalue weighted by molar-refractivity contribution is -0.161. The molecule has 0 saturated carbocycles. The Labute approximate surface area is 619 Å². The summed E-state index contributed by atoms with van der Waals surface area (Å²) in [4.78, 5) is 73.0. The van der Waals surface area contributed by atoms with Gasteiger partial charge in [0, 0.05) is 25.7 Å². The second kappa shape index (κ2) is 71.0. The van der Waals surface area contributed by atoms with E-state index in [2.05, 4.69) is 55.4 Å². The van der Waals surface area contributed by atoms with Gasteiger partial charge >= 0.3 is 39.5 Å². The number of hydrogen-bond acceptors (Lipinski definition) is 15. The molecule has 19 heteroatoms. The third-order valence-electron chi connectivity index (χ3n) is 19.4. The van der Waals surface area contributed by atoms with E-state index < -0.39 is 97.5 Å². The summed E-state index contributed by atoms with van der Waals surface area (Å²) in [5.74, 6) is 1.00. The van der Waals surface area contributed by atoms with Gasteiger partial charge < -0.3 is 33.8 Å². The van der Waals surface area contributed by atoms with Crippen molar-refractivity contribution < 1.29 is 80.2 Å². The molecule has 0 aromatic carbocycles. The SMILES string of the molecule is CCC(C)CCCCCCCCCCCCCCCCCCCCC(=O)O[C@H](COC(=O)CCCCCCCCCC(C)C)COP(=O)(O)OCC(O)COP(=O)(O)OC[C@@H](COC(=O)CCCCCCCCCCCC(C)C)OC(=O)CCCCCCCCCCCCCCCCC(C)C. The number of carbonyl (C=O) groups excluding carboxylic acids is 4.